The molecule has 0 aliphatic rings. The third-order valence-electron chi connectivity index (χ3n) is 4.64. The van der Waals surface area contributed by atoms with Gasteiger partial charge >= 0.3 is 0 Å². The Morgan fingerprint density at radius 1 is 0.774 bits per heavy atom. The predicted octanol–water partition coefficient (Wildman–Crippen LogP) is 4.13. The molecule has 160 valence electrons. The SMILES string of the molecule is Cc1cccc(C)c1NC(=O)CNC(=O)c1ccccc1OCCOc1ccccc1. The van der Waals surface area contributed by atoms with E-state index in [9.17, 15) is 9.59 Å². The van der Waals surface area contributed by atoms with Crippen molar-refractivity contribution in [2.45, 2.75) is 13.8 Å². The number of benzene rings is 3. The van der Waals surface area contributed by atoms with E-state index in [4.69, 9.17) is 9.47 Å². The van der Waals surface area contributed by atoms with E-state index < -0.39 is 0 Å². The van der Waals surface area contributed by atoms with E-state index >= 15 is 0 Å². The molecule has 2 N–H and O–H groups in total. The monoisotopic (exact) mass is 418 g/mol. The van der Waals surface area contributed by atoms with Gasteiger partial charge in [0.2, 0.25) is 5.91 Å². The zero-order chi connectivity index (χ0) is 22.1. The third kappa shape index (κ3) is 6.34. The fraction of sp³-hybridized carbons (Fsp3) is 0.200. The molecule has 0 unspecified atom stereocenters. The van der Waals surface area contributed by atoms with Crippen LogP contribution < -0.4 is 20.1 Å². The highest BCUT2D eigenvalue weighted by molar-refractivity contribution is 6.01. The summed E-state index contributed by atoms with van der Waals surface area (Å²) in [5.74, 6) is 0.524. The van der Waals surface area contributed by atoms with Crippen LogP contribution in [0.25, 0.3) is 0 Å². The van der Waals surface area contributed by atoms with Gasteiger partial charge in [0.1, 0.15) is 24.7 Å². The molecule has 0 radical (unpaired) electrons. The number of nitrogens with one attached hydrogen (secondary N) is 2. The fourth-order valence-electron chi connectivity index (χ4n) is 3.06. The highest BCUT2D eigenvalue weighted by atomic mass is 16.5. The fourth-order valence-corrected chi connectivity index (χ4v) is 3.06. The standard InChI is InChI=1S/C25H26N2O4/c1-18-9-8-10-19(2)24(18)27-23(28)17-26-25(29)21-13-6-7-14-22(21)31-16-15-30-20-11-4-3-5-12-20/h3-14H,15-17H2,1-2H3,(H,26,29)(H,27,28). The molecule has 0 aliphatic carbocycles. The van der Waals surface area contributed by atoms with Crippen molar-refractivity contribution in [2.24, 2.45) is 0 Å². The topological polar surface area (TPSA) is 76.7 Å². The average molecular weight is 418 g/mol. The molecule has 6 nitrogen and oxygen atoms in total. The van der Waals surface area contributed by atoms with Crippen LogP contribution in [-0.4, -0.2) is 31.6 Å². The van der Waals surface area contributed by atoms with Gasteiger partial charge in [0.15, 0.2) is 0 Å². The number of para-hydroxylation sites is 3. The van der Waals surface area contributed by atoms with Crippen LogP contribution in [0.15, 0.2) is 72.8 Å². The molecule has 3 aromatic carbocycles. The van der Waals surface area contributed by atoms with Gasteiger partial charge in [-0.15, -0.1) is 0 Å². The molecule has 0 saturated heterocycles. The Morgan fingerprint density at radius 3 is 2.16 bits per heavy atom. The first-order valence-electron chi connectivity index (χ1n) is 10.1. The number of carbonyl (C=O) groups is 2. The minimum atomic E-state index is -0.378. The summed E-state index contributed by atoms with van der Waals surface area (Å²) in [4.78, 5) is 24.9. The summed E-state index contributed by atoms with van der Waals surface area (Å²) in [5, 5.41) is 5.51. The van der Waals surface area contributed by atoms with Crippen LogP contribution in [0.4, 0.5) is 5.69 Å². The van der Waals surface area contributed by atoms with E-state index in [2.05, 4.69) is 10.6 Å². The minimum Gasteiger partial charge on any atom is -0.490 e. The van der Waals surface area contributed by atoms with Gasteiger partial charge in [-0.1, -0.05) is 48.5 Å². The van der Waals surface area contributed by atoms with Crippen molar-refractivity contribution in [1.82, 2.24) is 5.32 Å². The molecular weight excluding hydrogens is 392 g/mol. The molecule has 0 fully saturated rings. The molecule has 3 rings (SSSR count). The third-order valence-corrected chi connectivity index (χ3v) is 4.64. The first-order valence-corrected chi connectivity index (χ1v) is 10.1. The zero-order valence-electron chi connectivity index (χ0n) is 17.7. The maximum atomic E-state index is 12.6. The van der Waals surface area contributed by atoms with E-state index in [1.165, 1.54) is 0 Å². The van der Waals surface area contributed by atoms with Crippen LogP contribution in [0.1, 0.15) is 21.5 Å². The van der Waals surface area contributed by atoms with Crippen LogP contribution >= 0.6 is 0 Å². The minimum absolute atomic E-state index is 0.141. The molecular formula is C25H26N2O4. The lowest BCUT2D eigenvalue weighted by atomic mass is 10.1. The number of carbonyl (C=O) groups excluding carboxylic acids is 2. The van der Waals surface area contributed by atoms with Crippen molar-refractivity contribution in [1.29, 1.82) is 0 Å². The predicted molar refractivity (Wildman–Crippen MR) is 121 cm³/mol. The van der Waals surface area contributed by atoms with Crippen molar-refractivity contribution in [3.8, 4) is 11.5 Å². The van der Waals surface area contributed by atoms with Crippen molar-refractivity contribution in [3.05, 3.63) is 89.5 Å². The summed E-state index contributed by atoms with van der Waals surface area (Å²) in [5.41, 5.74) is 3.07. The van der Waals surface area contributed by atoms with Crippen LogP contribution in [0.3, 0.4) is 0 Å². The summed E-state index contributed by atoms with van der Waals surface area (Å²) < 4.78 is 11.3. The first-order chi connectivity index (χ1) is 15.0. The Kier molecular flexibility index (Phi) is 7.65. The van der Waals surface area contributed by atoms with E-state index in [0.29, 0.717) is 17.9 Å². The van der Waals surface area contributed by atoms with Gasteiger partial charge in [-0.05, 0) is 49.2 Å². The van der Waals surface area contributed by atoms with Gasteiger partial charge in [-0.2, -0.15) is 0 Å². The molecule has 0 bridgehead atoms. The number of rotatable bonds is 9. The van der Waals surface area contributed by atoms with Gasteiger partial charge in [0, 0.05) is 5.69 Å². The van der Waals surface area contributed by atoms with E-state index in [-0.39, 0.29) is 25.0 Å². The molecule has 0 atom stereocenters. The summed E-state index contributed by atoms with van der Waals surface area (Å²) in [6.07, 6.45) is 0. The van der Waals surface area contributed by atoms with Crippen molar-refractivity contribution in [3.63, 3.8) is 0 Å². The molecule has 6 heteroatoms. The number of amides is 2. The second-order valence-corrected chi connectivity index (χ2v) is 7.00. The Labute approximate surface area is 182 Å². The molecule has 0 saturated carbocycles. The highest BCUT2D eigenvalue weighted by Crippen LogP contribution is 2.20. The van der Waals surface area contributed by atoms with Crippen molar-refractivity contribution in [2.75, 3.05) is 25.1 Å². The van der Waals surface area contributed by atoms with Gasteiger partial charge in [-0.25, -0.2) is 0 Å². The lowest BCUT2D eigenvalue weighted by molar-refractivity contribution is -0.115. The molecule has 2 amide bonds. The maximum Gasteiger partial charge on any atom is 0.255 e. The van der Waals surface area contributed by atoms with Crippen LogP contribution in [0.5, 0.6) is 11.5 Å². The van der Waals surface area contributed by atoms with Gasteiger partial charge in [-0.3, -0.25) is 9.59 Å². The molecule has 31 heavy (non-hydrogen) atoms. The number of ether oxygens (including phenoxy) is 2. The molecule has 3 aromatic rings. The van der Waals surface area contributed by atoms with Crippen molar-refractivity contribution < 1.29 is 19.1 Å². The summed E-state index contributed by atoms with van der Waals surface area (Å²) >= 11 is 0. The van der Waals surface area contributed by atoms with E-state index in [1.54, 1.807) is 24.3 Å². The normalized spacial score (nSPS) is 10.3. The average Bonchev–Trinajstić information content (AvgIpc) is 2.78. The number of hydrogen-bond acceptors (Lipinski definition) is 4. The quantitative estimate of drug-likeness (QED) is 0.512. The lowest BCUT2D eigenvalue weighted by Gasteiger charge is -2.13. The molecule has 0 aliphatic heterocycles. The summed E-state index contributed by atoms with van der Waals surface area (Å²) in [6.45, 7) is 4.34. The second kappa shape index (κ2) is 10.8. The second-order valence-electron chi connectivity index (χ2n) is 7.00. The number of anilines is 1. The van der Waals surface area contributed by atoms with Gasteiger partial charge in [0.05, 0.1) is 12.1 Å². The van der Waals surface area contributed by atoms with E-state index in [0.717, 1.165) is 22.6 Å². The Balaban J connectivity index is 1.51. The van der Waals surface area contributed by atoms with Gasteiger partial charge in [0.25, 0.3) is 5.91 Å². The molecule has 0 aromatic heterocycles. The van der Waals surface area contributed by atoms with Crippen LogP contribution in [0, 0.1) is 13.8 Å². The lowest BCUT2D eigenvalue weighted by Crippen LogP contribution is -2.33. The zero-order valence-corrected chi connectivity index (χ0v) is 17.7. The number of hydrogen-bond donors (Lipinski definition) is 2. The Bertz CT molecular complexity index is 1010. The largest absolute Gasteiger partial charge is 0.490 e. The van der Waals surface area contributed by atoms with Gasteiger partial charge < -0.3 is 20.1 Å². The summed E-state index contributed by atoms with van der Waals surface area (Å²) in [6, 6.07) is 22.1. The molecule has 0 spiro atoms. The van der Waals surface area contributed by atoms with Crippen molar-refractivity contribution >= 4 is 17.5 Å². The van der Waals surface area contributed by atoms with Crippen LogP contribution in [0.2, 0.25) is 0 Å². The van der Waals surface area contributed by atoms with Crippen LogP contribution in [-0.2, 0) is 4.79 Å². The highest BCUT2D eigenvalue weighted by Gasteiger charge is 2.14. The Hall–Kier alpha value is -3.80. The number of aryl methyl sites for hydroxylation is 2. The summed E-state index contributed by atoms with van der Waals surface area (Å²) in [7, 11) is 0. The Morgan fingerprint density at radius 2 is 1.42 bits per heavy atom. The first kappa shape index (κ1) is 21.9. The molecule has 0 heterocycles. The smallest absolute Gasteiger partial charge is 0.255 e. The maximum absolute atomic E-state index is 12.6. The van der Waals surface area contributed by atoms with E-state index in [1.807, 2.05) is 62.4 Å².